The predicted octanol–water partition coefficient (Wildman–Crippen LogP) is 6.65. The number of fused-ring (bicyclic) bond motifs is 1. The lowest BCUT2D eigenvalue weighted by Gasteiger charge is -2.11. The minimum Gasteiger partial charge on any atom is -0.383 e. The van der Waals surface area contributed by atoms with Crippen LogP contribution in [0.5, 0.6) is 0 Å². The van der Waals surface area contributed by atoms with E-state index in [4.69, 9.17) is 4.84 Å². The van der Waals surface area contributed by atoms with Crippen molar-refractivity contribution in [3.05, 3.63) is 126 Å². The van der Waals surface area contributed by atoms with Crippen LogP contribution in [0.4, 0.5) is 0 Å². The van der Waals surface area contributed by atoms with E-state index in [9.17, 15) is 0 Å². The van der Waals surface area contributed by atoms with Gasteiger partial charge in [0.25, 0.3) is 0 Å². The molecular weight excluding hydrogens is 342 g/mol. The lowest BCUT2D eigenvalue weighted by Crippen LogP contribution is -1.97. The van der Waals surface area contributed by atoms with Crippen molar-refractivity contribution in [1.29, 1.82) is 0 Å². The third kappa shape index (κ3) is 4.54. The molecule has 0 aliphatic carbocycles. The van der Waals surface area contributed by atoms with Gasteiger partial charge in [-0.1, -0.05) is 108 Å². The SMILES string of the molecule is C(=C\[C@H](O/N=C/c1ccc2ccccc2c1)c1ccccc1)/c1ccccc1. The minimum atomic E-state index is -0.252. The Morgan fingerprint density at radius 2 is 1.32 bits per heavy atom. The van der Waals surface area contributed by atoms with Gasteiger partial charge < -0.3 is 4.84 Å². The summed E-state index contributed by atoms with van der Waals surface area (Å²) in [6.07, 6.45) is 5.60. The van der Waals surface area contributed by atoms with Crippen molar-refractivity contribution in [3.8, 4) is 0 Å². The molecule has 0 bridgehead atoms. The standard InChI is InChI=1S/C26H21NO/c1-3-9-21(10-4-1)16-18-26(24-12-5-2-6-13-24)28-27-20-22-15-17-23-11-7-8-14-25(23)19-22/h1-20,26H/b18-16+,27-20+/t26-/m0/s1. The molecule has 0 fully saturated rings. The second-order valence-electron chi connectivity index (χ2n) is 6.55. The highest BCUT2D eigenvalue weighted by Gasteiger charge is 2.08. The highest BCUT2D eigenvalue weighted by Crippen LogP contribution is 2.21. The molecule has 0 aromatic heterocycles. The number of benzene rings is 4. The summed E-state index contributed by atoms with van der Waals surface area (Å²) < 4.78 is 0. The lowest BCUT2D eigenvalue weighted by molar-refractivity contribution is 0.0948. The van der Waals surface area contributed by atoms with Gasteiger partial charge in [-0.2, -0.15) is 0 Å². The number of hydrogen-bond acceptors (Lipinski definition) is 2. The van der Waals surface area contributed by atoms with E-state index in [0.29, 0.717) is 0 Å². The normalized spacial score (nSPS) is 12.6. The van der Waals surface area contributed by atoms with Gasteiger partial charge in [0.05, 0.1) is 6.21 Å². The summed E-state index contributed by atoms with van der Waals surface area (Å²) in [5.41, 5.74) is 3.20. The average molecular weight is 363 g/mol. The molecule has 0 aliphatic heterocycles. The molecule has 28 heavy (non-hydrogen) atoms. The molecule has 0 heterocycles. The van der Waals surface area contributed by atoms with Gasteiger partial charge in [-0.05, 0) is 39.6 Å². The Hall–Kier alpha value is -3.65. The molecule has 0 aliphatic rings. The van der Waals surface area contributed by atoms with E-state index in [1.165, 1.54) is 10.8 Å². The fraction of sp³-hybridized carbons (Fsp3) is 0.0385. The van der Waals surface area contributed by atoms with E-state index >= 15 is 0 Å². The predicted molar refractivity (Wildman–Crippen MR) is 117 cm³/mol. The Balaban J connectivity index is 1.53. The largest absolute Gasteiger partial charge is 0.383 e. The molecule has 0 amide bonds. The monoisotopic (exact) mass is 363 g/mol. The Bertz CT molecular complexity index is 1080. The first kappa shape index (κ1) is 17.7. The van der Waals surface area contributed by atoms with Crippen LogP contribution >= 0.6 is 0 Å². The average Bonchev–Trinajstić information content (AvgIpc) is 2.77. The van der Waals surface area contributed by atoms with E-state index in [2.05, 4.69) is 47.6 Å². The number of nitrogens with zero attached hydrogens (tertiary/aromatic N) is 1. The highest BCUT2D eigenvalue weighted by molar-refractivity contribution is 5.90. The molecule has 4 aromatic rings. The van der Waals surface area contributed by atoms with Crippen LogP contribution in [0.25, 0.3) is 16.8 Å². The van der Waals surface area contributed by atoms with Crippen LogP contribution in [0.2, 0.25) is 0 Å². The van der Waals surface area contributed by atoms with E-state index in [0.717, 1.165) is 16.7 Å². The van der Waals surface area contributed by atoms with Gasteiger partial charge in [0, 0.05) is 0 Å². The maximum absolute atomic E-state index is 5.85. The first-order chi connectivity index (χ1) is 13.9. The second kappa shape index (κ2) is 8.83. The molecule has 0 saturated carbocycles. The van der Waals surface area contributed by atoms with Crippen LogP contribution in [0, 0.1) is 0 Å². The molecule has 0 saturated heterocycles. The summed E-state index contributed by atoms with van der Waals surface area (Å²) in [4.78, 5) is 5.85. The summed E-state index contributed by atoms with van der Waals surface area (Å²) >= 11 is 0. The van der Waals surface area contributed by atoms with Gasteiger partial charge in [-0.3, -0.25) is 0 Å². The zero-order valence-electron chi connectivity index (χ0n) is 15.5. The molecule has 0 radical (unpaired) electrons. The molecular formula is C26H21NO. The Kier molecular flexibility index (Phi) is 5.60. The summed E-state index contributed by atoms with van der Waals surface area (Å²) in [6.45, 7) is 0. The zero-order chi connectivity index (χ0) is 19.0. The van der Waals surface area contributed by atoms with Gasteiger partial charge in [-0.25, -0.2) is 0 Å². The van der Waals surface area contributed by atoms with Crippen LogP contribution in [0.3, 0.4) is 0 Å². The molecule has 2 heteroatoms. The summed E-state index contributed by atoms with van der Waals surface area (Å²) in [5.74, 6) is 0. The molecule has 2 nitrogen and oxygen atoms in total. The van der Waals surface area contributed by atoms with Crippen LogP contribution in [0.1, 0.15) is 22.8 Å². The molecule has 1 atom stereocenters. The zero-order valence-corrected chi connectivity index (χ0v) is 15.5. The number of hydrogen-bond donors (Lipinski definition) is 0. The van der Waals surface area contributed by atoms with Crippen molar-refractivity contribution in [1.82, 2.24) is 0 Å². The first-order valence-electron chi connectivity index (χ1n) is 9.35. The fourth-order valence-corrected chi connectivity index (χ4v) is 3.06. The summed E-state index contributed by atoms with van der Waals surface area (Å²) in [6, 6.07) is 34.8. The van der Waals surface area contributed by atoms with Crippen molar-refractivity contribution >= 4 is 23.1 Å². The summed E-state index contributed by atoms with van der Waals surface area (Å²) in [5, 5.41) is 6.67. The van der Waals surface area contributed by atoms with Gasteiger partial charge in [0.2, 0.25) is 0 Å². The van der Waals surface area contributed by atoms with E-state index in [1.807, 2.05) is 72.8 Å². The van der Waals surface area contributed by atoms with E-state index < -0.39 is 0 Å². The van der Waals surface area contributed by atoms with Crippen LogP contribution in [0.15, 0.2) is 114 Å². The van der Waals surface area contributed by atoms with Gasteiger partial charge in [0.15, 0.2) is 6.10 Å². The van der Waals surface area contributed by atoms with E-state index in [-0.39, 0.29) is 6.10 Å². The maximum atomic E-state index is 5.85. The van der Waals surface area contributed by atoms with Crippen molar-refractivity contribution in [3.63, 3.8) is 0 Å². The molecule has 0 unspecified atom stereocenters. The van der Waals surface area contributed by atoms with Crippen molar-refractivity contribution in [2.75, 3.05) is 0 Å². The minimum absolute atomic E-state index is 0.252. The third-order valence-electron chi connectivity index (χ3n) is 4.54. The summed E-state index contributed by atoms with van der Waals surface area (Å²) in [7, 11) is 0. The molecule has 0 N–H and O–H groups in total. The molecule has 0 spiro atoms. The van der Waals surface area contributed by atoms with Crippen molar-refractivity contribution < 1.29 is 4.84 Å². The quantitative estimate of drug-likeness (QED) is 0.278. The molecule has 4 rings (SSSR count). The Morgan fingerprint density at radius 3 is 2.11 bits per heavy atom. The van der Waals surface area contributed by atoms with Crippen molar-refractivity contribution in [2.24, 2.45) is 5.16 Å². The van der Waals surface area contributed by atoms with Crippen molar-refractivity contribution in [2.45, 2.75) is 6.10 Å². The Labute approximate surface area is 165 Å². The van der Waals surface area contributed by atoms with Crippen LogP contribution in [-0.2, 0) is 4.84 Å². The van der Waals surface area contributed by atoms with E-state index in [1.54, 1.807) is 6.21 Å². The first-order valence-corrected chi connectivity index (χ1v) is 9.35. The number of rotatable bonds is 6. The lowest BCUT2D eigenvalue weighted by atomic mass is 10.1. The van der Waals surface area contributed by atoms with Gasteiger partial charge >= 0.3 is 0 Å². The second-order valence-corrected chi connectivity index (χ2v) is 6.55. The van der Waals surface area contributed by atoms with Crippen LogP contribution < -0.4 is 0 Å². The van der Waals surface area contributed by atoms with Crippen LogP contribution in [-0.4, -0.2) is 6.21 Å². The highest BCUT2D eigenvalue weighted by atomic mass is 16.6. The third-order valence-corrected chi connectivity index (χ3v) is 4.54. The smallest absolute Gasteiger partial charge is 0.171 e. The Morgan fingerprint density at radius 1 is 0.643 bits per heavy atom. The molecule has 136 valence electrons. The van der Waals surface area contributed by atoms with Gasteiger partial charge in [0.1, 0.15) is 0 Å². The molecule has 4 aromatic carbocycles. The maximum Gasteiger partial charge on any atom is 0.171 e. The fourth-order valence-electron chi connectivity index (χ4n) is 3.06. The number of oxime groups is 1. The topological polar surface area (TPSA) is 21.6 Å². The van der Waals surface area contributed by atoms with Gasteiger partial charge in [-0.15, -0.1) is 0 Å².